The van der Waals surface area contributed by atoms with Gasteiger partial charge in [0, 0.05) is 11.8 Å². The lowest BCUT2D eigenvalue weighted by Gasteiger charge is -2.44. The van der Waals surface area contributed by atoms with E-state index in [4.69, 9.17) is 4.74 Å². The van der Waals surface area contributed by atoms with Gasteiger partial charge in [-0.25, -0.2) is 0 Å². The molecule has 134 valence electrons. The number of rotatable bonds is 1. The summed E-state index contributed by atoms with van der Waals surface area (Å²) < 4.78 is 5.87. The largest absolute Gasteiger partial charge is 0.481 e. The van der Waals surface area contributed by atoms with Gasteiger partial charge in [-0.15, -0.1) is 0 Å². The van der Waals surface area contributed by atoms with Gasteiger partial charge in [-0.1, -0.05) is 12.7 Å². The lowest BCUT2D eigenvalue weighted by molar-refractivity contribution is -0.163. The highest BCUT2D eigenvalue weighted by Crippen LogP contribution is 2.77. The summed E-state index contributed by atoms with van der Waals surface area (Å²) >= 11 is 0. The average Bonchev–Trinajstić information content (AvgIpc) is 2.95. The molecule has 0 aromatic rings. The number of aliphatic hydroxyl groups excluding tert-OH is 1. The van der Waals surface area contributed by atoms with Crippen molar-refractivity contribution in [2.24, 2.45) is 28.6 Å². The smallest absolute Gasteiger partial charge is 0.316 e. The molecular weight excluding hydrogens is 324 g/mol. The maximum Gasteiger partial charge on any atom is 0.316 e. The minimum atomic E-state index is -1.27. The van der Waals surface area contributed by atoms with Crippen LogP contribution in [0, 0.1) is 28.6 Å². The van der Waals surface area contributed by atoms with E-state index in [1.807, 2.05) is 0 Å². The Kier molecular flexibility index (Phi) is 2.50. The zero-order chi connectivity index (χ0) is 18.0. The normalized spacial score (nSPS) is 58.0. The summed E-state index contributed by atoms with van der Waals surface area (Å²) in [6.45, 7) is 5.64. The van der Waals surface area contributed by atoms with Gasteiger partial charge in [-0.05, 0) is 49.7 Å². The predicted molar refractivity (Wildman–Crippen MR) is 85.2 cm³/mol. The first kappa shape index (κ1) is 15.6. The number of esters is 1. The molecule has 3 saturated carbocycles. The van der Waals surface area contributed by atoms with Crippen LogP contribution in [0.25, 0.3) is 0 Å². The number of aliphatic carboxylic acids is 1. The Balaban J connectivity index is 1.78. The van der Waals surface area contributed by atoms with Gasteiger partial charge in [0.05, 0.1) is 17.6 Å². The molecule has 0 amide bonds. The summed E-state index contributed by atoms with van der Waals surface area (Å²) in [5, 5.41) is 31.6. The van der Waals surface area contributed by atoms with Crippen molar-refractivity contribution in [3.63, 3.8) is 0 Å². The molecule has 5 rings (SSSR count). The molecule has 3 N–H and O–H groups in total. The molecular formula is C19H22O6. The van der Waals surface area contributed by atoms with Crippen LogP contribution < -0.4 is 0 Å². The third kappa shape index (κ3) is 1.36. The fraction of sp³-hybridized carbons (Fsp3) is 0.684. The van der Waals surface area contributed by atoms with Crippen LogP contribution in [-0.2, 0) is 14.3 Å². The lowest BCUT2D eigenvalue weighted by atomic mass is 9.61. The topological polar surface area (TPSA) is 104 Å². The van der Waals surface area contributed by atoms with E-state index in [0.717, 1.165) is 0 Å². The van der Waals surface area contributed by atoms with Gasteiger partial charge in [-0.2, -0.15) is 0 Å². The molecule has 8 atom stereocenters. The van der Waals surface area contributed by atoms with Crippen LogP contribution in [0.15, 0.2) is 24.3 Å². The zero-order valence-electron chi connectivity index (χ0n) is 14.1. The Bertz CT molecular complexity index is 772. The van der Waals surface area contributed by atoms with Gasteiger partial charge in [0.1, 0.15) is 11.0 Å². The standard InChI is InChI=1S/C19H22O6/c1-9-7-17-8-18(9,24)5-3-10(17)19-6-4-11(20)16(2,15(23)25-19)13(19)12(17)14(21)22/h4,6,10-13,20,24H,1,3,5,7-8H2,2H3,(H,21,22)/t10?,11-,12+,13+,16-,17-,18-,19?/m0/s1. The zero-order valence-corrected chi connectivity index (χ0v) is 14.1. The van der Waals surface area contributed by atoms with E-state index in [-0.39, 0.29) is 5.92 Å². The van der Waals surface area contributed by atoms with Crippen LogP contribution in [0.5, 0.6) is 0 Å². The molecule has 4 fully saturated rings. The van der Waals surface area contributed by atoms with Gasteiger partial charge < -0.3 is 20.1 Å². The number of hydrogen-bond donors (Lipinski definition) is 3. The fourth-order valence-electron chi connectivity index (χ4n) is 7.13. The summed E-state index contributed by atoms with van der Waals surface area (Å²) in [4.78, 5) is 25.1. The third-order valence-corrected chi connectivity index (χ3v) is 8.12. The first-order chi connectivity index (χ1) is 11.6. The number of carboxylic acid groups (broad SMARTS) is 1. The molecule has 1 aliphatic heterocycles. The lowest BCUT2D eigenvalue weighted by Crippen LogP contribution is -2.50. The van der Waals surface area contributed by atoms with Gasteiger partial charge in [0.15, 0.2) is 0 Å². The number of carboxylic acids is 1. The molecule has 1 heterocycles. The van der Waals surface area contributed by atoms with Crippen LogP contribution in [0.4, 0.5) is 0 Å². The summed E-state index contributed by atoms with van der Waals surface area (Å²) in [6.07, 6.45) is 4.11. The highest BCUT2D eigenvalue weighted by molar-refractivity contribution is 5.86. The SMILES string of the molecule is C=C1C[C@]23C[C@@]1(O)CCC2C12C=C[C@H](O)[C@](C)(C(=O)O1)[C@H]2[C@@H]3C(=O)O. The summed E-state index contributed by atoms with van der Waals surface area (Å²) in [6, 6.07) is 0. The van der Waals surface area contributed by atoms with Gasteiger partial charge in [-0.3, -0.25) is 9.59 Å². The van der Waals surface area contributed by atoms with Crippen molar-refractivity contribution in [2.75, 3.05) is 0 Å². The Morgan fingerprint density at radius 3 is 2.84 bits per heavy atom. The summed E-state index contributed by atoms with van der Waals surface area (Å²) in [5.74, 6) is -3.18. The molecule has 1 spiro atoms. The Hall–Kier alpha value is -1.66. The van der Waals surface area contributed by atoms with Crippen molar-refractivity contribution in [2.45, 2.75) is 49.9 Å². The highest BCUT2D eigenvalue weighted by atomic mass is 16.6. The van der Waals surface area contributed by atoms with Crippen molar-refractivity contribution in [1.82, 2.24) is 0 Å². The van der Waals surface area contributed by atoms with Crippen molar-refractivity contribution in [3.8, 4) is 0 Å². The van der Waals surface area contributed by atoms with E-state index in [1.165, 1.54) is 0 Å². The second-order valence-corrected chi connectivity index (χ2v) is 8.94. The Morgan fingerprint density at radius 2 is 2.16 bits per heavy atom. The van der Waals surface area contributed by atoms with Crippen LogP contribution in [-0.4, -0.2) is 44.6 Å². The maximum absolute atomic E-state index is 12.7. The number of aliphatic hydroxyl groups is 2. The Morgan fingerprint density at radius 1 is 1.44 bits per heavy atom. The van der Waals surface area contributed by atoms with Crippen molar-refractivity contribution >= 4 is 11.9 Å². The highest BCUT2D eigenvalue weighted by Gasteiger charge is 2.83. The van der Waals surface area contributed by atoms with E-state index in [2.05, 4.69) is 6.58 Å². The molecule has 25 heavy (non-hydrogen) atoms. The average molecular weight is 346 g/mol. The number of fused-ring (bicyclic) bond motifs is 1. The molecule has 2 unspecified atom stereocenters. The molecule has 6 nitrogen and oxygen atoms in total. The first-order valence-corrected chi connectivity index (χ1v) is 8.86. The van der Waals surface area contributed by atoms with Gasteiger partial charge >= 0.3 is 11.9 Å². The monoisotopic (exact) mass is 346 g/mol. The Labute approximate surface area is 145 Å². The minimum Gasteiger partial charge on any atom is -0.481 e. The van der Waals surface area contributed by atoms with Crippen LogP contribution in [0.2, 0.25) is 0 Å². The second kappa shape index (κ2) is 4.01. The molecule has 6 heteroatoms. The van der Waals surface area contributed by atoms with Crippen LogP contribution >= 0.6 is 0 Å². The van der Waals surface area contributed by atoms with E-state index in [1.54, 1.807) is 19.1 Å². The van der Waals surface area contributed by atoms with E-state index in [0.29, 0.717) is 31.3 Å². The molecule has 4 bridgehead atoms. The van der Waals surface area contributed by atoms with E-state index >= 15 is 0 Å². The molecule has 4 aliphatic carbocycles. The fourth-order valence-corrected chi connectivity index (χ4v) is 7.13. The third-order valence-electron chi connectivity index (χ3n) is 8.12. The van der Waals surface area contributed by atoms with Gasteiger partial charge in [0.25, 0.3) is 0 Å². The molecule has 5 aliphatic rings. The van der Waals surface area contributed by atoms with E-state index < -0.39 is 51.9 Å². The van der Waals surface area contributed by atoms with Crippen molar-refractivity contribution in [3.05, 3.63) is 24.3 Å². The molecule has 0 aromatic heterocycles. The number of carbonyl (C=O) groups is 2. The van der Waals surface area contributed by atoms with Crippen molar-refractivity contribution < 1.29 is 29.6 Å². The summed E-state index contributed by atoms with van der Waals surface area (Å²) in [5.41, 5.74) is -3.29. The predicted octanol–water partition coefficient (Wildman–Crippen LogP) is 1.03. The quantitative estimate of drug-likeness (QED) is 0.484. The van der Waals surface area contributed by atoms with Crippen LogP contribution in [0.1, 0.15) is 32.6 Å². The number of ether oxygens (including phenoxy) is 1. The number of carbonyl (C=O) groups excluding carboxylic acids is 1. The molecule has 0 radical (unpaired) electrons. The minimum absolute atomic E-state index is 0.180. The van der Waals surface area contributed by atoms with Gasteiger partial charge in [0.2, 0.25) is 0 Å². The molecule has 0 aromatic carbocycles. The summed E-state index contributed by atoms with van der Waals surface area (Å²) in [7, 11) is 0. The first-order valence-electron chi connectivity index (χ1n) is 8.86. The molecule has 1 saturated heterocycles. The maximum atomic E-state index is 12.7. The second-order valence-electron chi connectivity index (χ2n) is 8.94. The van der Waals surface area contributed by atoms with E-state index in [9.17, 15) is 24.9 Å². The van der Waals surface area contributed by atoms with Crippen molar-refractivity contribution in [1.29, 1.82) is 0 Å². The number of hydrogen-bond acceptors (Lipinski definition) is 5. The van der Waals surface area contributed by atoms with Crippen LogP contribution in [0.3, 0.4) is 0 Å².